The molecule has 0 radical (unpaired) electrons. The number of hydrogen-bond acceptors (Lipinski definition) is 4. The summed E-state index contributed by atoms with van der Waals surface area (Å²) < 4.78 is 27.5. The van der Waals surface area contributed by atoms with Gasteiger partial charge in [-0.1, -0.05) is 17.7 Å². The van der Waals surface area contributed by atoms with E-state index in [-0.39, 0.29) is 35.8 Å². The second kappa shape index (κ2) is 8.12. The molecule has 7 nitrogen and oxygen atoms in total. The number of anilines is 1. The van der Waals surface area contributed by atoms with Crippen molar-refractivity contribution in [3.63, 3.8) is 0 Å². The Balaban J connectivity index is 1.75. The SMILES string of the molecule is CN(Cc1c(F)cccc1Cl)C(=O)C1CC(=O)N(c2ccc(F)c([N+](=O)[O-])c2)C1. The summed E-state index contributed by atoms with van der Waals surface area (Å²) in [5, 5.41) is 11.1. The summed E-state index contributed by atoms with van der Waals surface area (Å²) in [4.78, 5) is 37.6. The zero-order valence-electron chi connectivity index (χ0n) is 15.3. The molecule has 0 N–H and O–H groups in total. The molecule has 2 aromatic rings. The third-order valence-electron chi connectivity index (χ3n) is 4.75. The molecule has 2 amide bonds. The molecule has 0 aromatic heterocycles. The summed E-state index contributed by atoms with van der Waals surface area (Å²) in [6.07, 6.45) is -0.112. The van der Waals surface area contributed by atoms with Crippen LogP contribution in [0.3, 0.4) is 0 Å². The Morgan fingerprint density at radius 2 is 2.03 bits per heavy atom. The predicted molar refractivity (Wildman–Crippen MR) is 101 cm³/mol. The molecule has 10 heteroatoms. The van der Waals surface area contributed by atoms with E-state index in [9.17, 15) is 28.5 Å². The zero-order valence-corrected chi connectivity index (χ0v) is 16.0. The van der Waals surface area contributed by atoms with E-state index in [0.717, 1.165) is 12.1 Å². The monoisotopic (exact) mass is 423 g/mol. The van der Waals surface area contributed by atoms with Crippen molar-refractivity contribution in [2.24, 2.45) is 5.92 Å². The Hall–Kier alpha value is -3.07. The van der Waals surface area contributed by atoms with Crippen molar-refractivity contribution < 1.29 is 23.3 Å². The van der Waals surface area contributed by atoms with E-state index >= 15 is 0 Å². The molecule has 1 fully saturated rings. The van der Waals surface area contributed by atoms with Crippen LogP contribution in [0.15, 0.2) is 36.4 Å². The number of nitrogens with zero attached hydrogens (tertiary/aromatic N) is 3. The third kappa shape index (κ3) is 4.19. The van der Waals surface area contributed by atoms with Gasteiger partial charge in [0.15, 0.2) is 0 Å². The van der Waals surface area contributed by atoms with Gasteiger partial charge in [-0.05, 0) is 24.3 Å². The van der Waals surface area contributed by atoms with Gasteiger partial charge in [-0.25, -0.2) is 4.39 Å². The maximum Gasteiger partial charge on any atom is 0.306 e. The zero-order chi connectivity index (χ0) is 21.3. The van der Waals surface area contributed by atoms with Crippen molar-refractivity contribution in [1.82, 2.24) is 4.90 Å². The van der Waals surface area contributed by atoms with Gasteiger partial charge in [0, 0.05) is 43.2 Å². The Morgan fingerprint density at radius 3 is 2.69 bits per heavy atom. The van der Waals surface area contributed by atoms with Crippen molar-refractivity contribution in [3.05, 3.63) is 68.7 Å². The Bertz CT molecular complexity index is 981. The van der Waals surface area contributed by atoms with Crippen LogP contribution in [0.5, 0.6) is 0 Å². The van der Waals surface area contributed by atoms with Crippen LogP contribution >= 0.6 is 11.6 Å². The number of rotatable bonds is 5. The average molecular weight is 424 g/mol. The van der Waals surface area contributed by atoms with Crippen LogP contribution in [-0.2, 0) is 16.1 Å². The highest BCUT2D eigenvalue weighted by Gasteiger charge is 2.37. The van der Waals surface area contributed by atoms with Crippen LogP contribution < -0.4 is 4.90 Å². The molecule has 29 heavy (non-hydrogen) atoms. The lowest BCUT2D eigenvalue weighted by atomic mass is 10.1. The Morgan fingerprint density at radius 1 is 1.31 bits per heavy atom. The topological polar surface area (TPSA) is 83.8 Å². The van der Waals surface area contributed by atoms with E-state index < -0.39 is 40.0 Å². The first-order valence-electron chi connectivity index (χ1n) is 8.61. The number of hydrogen-bond donors (Lipinski definition) is 0. The van der Waals surface area contributed by atoms with Crippen molar-refractivity contribution in [1.29, 1.82) is 0 Å². The van der Waals surface area contributed by atoms with Crippen LogP contribution in [0.2, 0.25) is 5.02 Å². The van der Waals surface area contributed by atoms with E-state index in [2.05, 4.69) is 0 Å². The molecule has 3 rings (SSSR count). The molecule has 1 unspecified atom stereocenters. The highest BCUT2D eigenvalue weighted by molar-refractivity contribution is 6.31. The van der Waals surface area contributed by atoms with E-state index in [0.29, 0.717) is 0 Å². The second-order valence-corrected chi connectivity index (χ2v) is 7.10. The number of nitro benzene ring substituents is 1. The van der Waals surface area contributed by atoms with E-state index in [1.165, 1.54) is 41.1 Å². The number of amides is 2. The molecular weight excluding hydrogens is 408 g/mol. The molecule has 1 aliphatic rings. The Kier molecular flexibility index (Phi) is 5.78. The van der Waals surface area contributed by atoms with Crippen LogP contribution in [0.4, 0.5) is 20.2 Å². The van der Waals surface area contributed by atoms with Crippen LogP contribution in [0.25, 0.3) is 0 Å². The third-order valence-corrected chi connectivity index (χ3v) is 5.10. The molecule has 152 valence electrons. The van der Waals surface area contributed by atoms with E-state index in [4.69, 9.17) is 11.6 Å². The maximum atomic E-state index is 14.0. The standard InChI is InChI=1S/C19H16ClF2N3O4/c1-23(10-13-14(20)3-2-4-15(13)21)19(27)11-7-18(26)24(9-11)12-5-6-16(22)17(8-12)25(28)29/h2-6,8,11H,7,9-10H2,1H3. The summed E-state index contributed by atoms with van der Waals surface area (Å²) in [7, 11) is 1.47. The van der Waals surface area contributed by atoms with Gasteiger partial charge in [0.25, 0.3) is 0 Å². The van der Waals surface area contributed by atoms with Crippen molar-refractivity contribution in [2.75, 3.05) is 18.5 Å². The van der Waals surface area contributed by atoms with Gasteiger partial charge in [0.2, 0.25) is 17.6 Å². The van der Waals surface area contributed by atoms with Crippen LogP contribution in [0, 0.1) is 27.7 Å². The highest BCUT2D eigenvalue weighted by atomic mass is 35.5. The van der Waals surface area contributed by atoms with Gasteiger partial charge in [0.1, 0.15) is 5.82 Å². The number of carbonyl (C=O) groups is 2. The largest absolute Gasteiger partial charge is 0.341 e. The first-order valence-corrected chi connectivity index (χ1v) is 8.99. The van der Waals surface area contributed by atoms with Gasteiger partial charge < -0.3 is 9.80 Å². The van der Waals surface area contributed by atoms with Crippen molar-refractivity contribution in [2.45, 2.75) is 13.0 Å². The predicted octanol–water partition coefficient (Wildman–Crippen LogP) is 3.54. The quantitative estimate of drug-likeness (QED) is 0.544. The summed E-state index contributed by atoms with van der Waals surface area (Å²) in [6, 6.07) is 7.32. The van der Waals surface area contributed by atoms with Gasteiger partial charge in [-0.2, -0.15) is 4.39 Å². The van der Waals surface area contributed by atoms with Crippen LogP contribution in [-0.4, -0.2) is 35.2 Å². The van der Waals surface area contributed by atoms with Gasteiger partial charge >= 0.3 is 5.69 Å². The molecule has 1 heterocycles. The number of halogens is 3. The van der Waals surface area contributed by atoms with Crippen LogP contribution in [0.1, 0.15) is 12.0 Å². The molecule has 0 saturated carbocycles. The number of nitro groups is 1. The lowest BCUT2D eigenvalue weighted by Gasteiger charge is -2.22. The number of carbonyl (C=O) groups excluding carboxylic acids is 2. The fraction of sp³-hybridized carbons (Fsp3) is 0.263. The highest BCUT2D eigenvalue weighted by Crippen LogP contribution is 2.30. The Labute approximate surface area is 169 Å². The minimum absolute atomic E-state index is 0.0181. The molecule has 0 spiro atoms. The fourth-order valence-corrected chi connectivity index (χ4v) is 3.46. The lowest BCUT2D eigenvalue weighted by molar-refractivity contribution is -0.387. The molecule has 2 aromatic carbocycles. The summed E-state index contributed by atoms with van der Waals surface area (Å²) in [5.41, 5.74) is -0.449. The molecule has 1 atom stereocenters. The molecule has 1 saturated heterocycles. The lowest BCUT2D eigenvalue weighted by Crippen LogP contribution is -2.34. The normalized spacial score (nSPS) is 16.2. The molecule has 1 aliphatic heterocycles. The fourth-order valence-electron chi connectivity index (χ4n) is 3.24. The maximum absolute atomic E-state index is 14.0. The second-order valence-electron chi connectivity index (χ2n) is 6.69. The molecular formula is C19H16ClF2N3O4. The average Bonchev–Trinajstić information content (AvgIpc) is 3.06. The van der Waals surface area contributed by atoms with Crippen molar-refractivity contribution in [3.8, 4) is 0 Å². The first-order chi connectivity index (χ1) is 13.7. The smallest absolute Gasteiger partial charge is 0.306 e. The van der Waals surface area contributed by atoms with Crippen molar-refractivity contribution >= 4 is 34.8 Å². The molecule has 0 aliphatic carbocycles. The minimum atomic E-state index is -1.01. The molecule has 0 bridgehead atoms. The van der Waals surface area contributed by atoms with Gasteiger partial charge in [-0.15, -0.1) is 0 Å². The van der Waals surface area contributed by atoms with E-state index in [1.807, 2.05) is 0 Å². The summed E-state index contributed by atoms with van der Waals surface area (Å²) >= 11 is 5.99. The first kappa shape index (κ1) is 20.7. The van der Waals surface area contributed by atoms with Gasteiger partial charge in [-0.3, -0.25) is 19.7 Å². The number of benzene rings is 2. The van der Waals surface area contributed by atoms with E-state index in [1.54, 1.807) is 0 Å². The summed E-state index contributed by atoms with van der Waals surface area (Å²) in [6.45, 7) is -0.0904. The van der Waals surface area contributed by atoms with Gasteiger partial charge in [0.05, 0.1) is 16.5 Å². The summed E-state index contributed by atoms with van der Waals surface area (Å²) in [5.74, 6) is -3.08. The minimum Gasteiger partial charge on any atom is -0.341 e.